The van der Waals surface area contributed by atoms with Crippen molar-refractivity contribution in [3.63, 3.8) is 0 Å². The van der Waals surface area contributed by atoms with Gasteiger partial charge in [0.25, 0.3) is 0 Å². The molecule has 2 rings (SSSR count). The summed E-state index contributed by atoms with van der Waals surface area (Å²) < 4.78 is 16.3. The summed E-state index contributed by atoms with van der Waals surface area (Å²) >= 11 is 0. The fourth-order valence-electron chi connectivity index (χ4n) is 0.961. The summed E-state index contributed by atoms with van der Waals surface area (Å²) in [5, 5.41) is 1.47. The molecule has 0 aliphatic carbocycles. The molecule has 0 amide bonds. The highest BCUT2D eigenvalue weighted by Crippen LogP contribution is 2.20. The van der Waals surface area contributed by atoms with Gasteiger partial charge in [0.15, 0.2) is 0 Å². The van der Waals surface area contributed by atoms with Crippen LogP contribution in [0.5, 0.6) is 5.88 Å². The van der Waals surface area contributed by atoms with Crippen molar-refractivity contribution in [1.29, 1.82) is 0 Å². The lowest BCUT2D eigenvalue weighted by Gasteiger charge is -2.02. The van der Waals surface area contributed by atoms with E-state index in [1.54, 1.807) is 0 Å². The van der Waals surface area contributed by atoms with Gasteiger partial charge in [0.1, 0.15) is 6.26 Å². The Kier molecular flexibility index (Phi) is 1.97. The molecular formula is C7H7N3O2S. The summed E-state index contributed by atoms with van der Waals surface area (Å²) in [5.74, 6) is 0.904. The monoisotopic (exact) mass is 197 g/mol. The number of nitrogens with two attached hydrogens (primary N) is 1. The molecule has 1 atom stereocenters. The highest BCUT2D eigenvalue weighted by molar-refractivity contribution is 7.87. The van der Waals surface area contributed by atoms with Crippen LogP contribution in [0, 0.1) is 0 Å². The zero-order chi connectivity index (χ0) is 9.26. The maximum Gasteiger partial charge on any atom is 0.227 e. The lowest BCUT2D eigenvalue weighted by atomic mass is 10.4. The Morgan fingerprint density at radius 2 is 2.46 bits per heavy atom. The van der Waals surface area contributed by atoms with Crippen LogP contribution in [0.1, 0.15) is 5.56 Å². The maximum absolute atomic E-state index is 11.2. The number of ether oxygens (including phenoxy) is 1. The van der Waals surface area contributed by atoms with Crippen LogP contribution >= 0.6 is 0 Å². The SMILES string of the molecule is Nc1ncc2c(n1)OC=CS(=O)C2. The normalized spacial score (nSPS) is 20.2. The first kappa shape index (κ1) is 8.18. The predicted octanol–water partition coefficient (Wildman–Crippen LogP) is 0.171. The molecule has 1 unspecified atom stereocenters. The van der Waals surface area contributed by atoms with E-state index in [4.69, 9.17) is 10.5 Å². The van der Waals surface area contributed by atoms with Gasteiger partial charge in [0.2, 0.25) is 11.8 Å². The van der Waals surface area contributed by atoms with Crippen molar-refractivity contribution in [2.45, 2.75) is 5.75 Å². The number of anilines is 1. The summed E-state index contributed by atoms with van der Waals surface area (Å²) in [7, 11) is -1.05. The van der Waals surface area contributed by atoms with Gasteiger partial charge >= 0.3 is 0 Å². The molecular weight excluding hydrogens is 190 g/mol. The summed E-state index contributed by atoms with van der Waals surface area (Å²) in [6.45, 7) is 0. The van der Waals surface area contributed by atoms with E-state index in [1.807, 2.05) is 0 Å². The molecule has 2 N–H and O–H groups in total. The second-order valence-corrected chi connectivity index (χ2v) is 3.80. The van der Waals surface area contributed by atoms with Gasteiger partial charge in [0.05, 0.1) is 16.6 Å². The highest BCUT2D eigenvalue weighted by atomic mass is 32.2. The molecule has 0 saturated carbocycles. The van der Waals surface area contributed by atoms with Gasteiger partial charge in [-0.15, -0.1) is 0 Å². The minimum Gasteiger partial charge on any atom is -0.446 e. The van der Waals surface area contributed by atoms with E-state index < -0.39 is 10.8 Å². The molecule has 0 bridgehead atoms. The van der Waals surface area contributed by atoms with Crippen molar-refractivity contribution in [2.75, 3.05) is 5.73 Å². The molecule has 13 heavy (non-hydrogen) atoms. The standard InChI is InChI=1S/C7H7N3O2S/c8-7-9-3-5-4-13(11)2-1-12-6(5)10-7/h1-3H,4H2,(H2,8,9,10). The van der Waals surface area contributed by atoms with Crippen molar-refractivity contribution in [1.82, 2.24) is 9.97 Å². The molecule has 0 saturated heterocycles. The first-order valence-electron chi connectivity index (χ1n) is 3.57. The molecule has 1 aliphatic heterocycles. The van der Waals surface area contributed by atoms with Crippen molar-refractivity contribution >= 4 is 16.7 Å². The van der Waals surface area contributed by atoms with Crippen molar-refractivity contribution in [3.8, 4) is 5.88 Å². The Bertz CT molecular complexity index is 391. The lowest BCUT2D eigenvalue weighted by Crippen LogP contribution is -2.00. The molecule has 2 heterocycles. The van der Waals surface area contributed by atoms with Crippen LogP contribution in [-0.4, -0.2) is 14.2 Å². The largest absolute Gasteiger partial charge is 0.446 e. The molecule has 6 heteroatoms. The van der Waals surface area contributed by atoms with Gasteiger partial charge in [-0.2, -0.15) is 4.98 Å². The Hall–Kier alpha value is -1.43. The van der Waals surface area contributed by atoms with Crippen LogP contribution in [0.25, 0.3) is 0 Å². The van der Waals surface area contributed by atoms with Crippen LogP contribution in [0.2, 0.25) is 0 Å². The molecule has 5 nitrogen and oxygen atoms in total. The number of nitrogen functional groups attached to an aromatic ring is 1. The third-order valence-electron chi connectivity index (χ3n) is 1.53. The fraction of sp³-hybridized carbons (Fsp3) is 0.143. The fourth-order valence-corrected chi connectivity index (χ4v) is 1.74. The van der Waals surface area contributed by atoms with E-state index in [0.29, 0.717) is 17.2 Å². The lowest BCUT2D eigenvalue weighted by molar-refractivity contribution is 0.459. The van der Waals surface area contributed by atoms with E-state index in [0.717, 1.165) is 0 Å². The third-order valence-corrected chi connectivity index (χ3v) is 2.54. The van der Waals surface area contributed by atoms with Crippen LogP contribution < -0.4 is 10.5 Å². The van der Waals surface area contributed by atoms with Gasteiger partial charge in [-0.05, 0) is 0 Å². The van der Waals surface area contributed by atoms with Gasteiger partial charge in [-0.1, -0.05) is 0 Å². The summed E-state index contributed by atoms with van der Waals surface area (Å²) in [4.78, 5) is 7.66. The van der Waals surface area contributed by atoms with Gasteiger partial charge < -0.3 is 10.5 Å². The van der Waals surface area contributed by atoms with E-state index in [9.17, 15) is 4.21 Å². The minimum absolute atomic E-state index is 0.153. The van der Waals surface area contributed by atoms with Crippen molar-refractivity contribution < 1.29 is 8.95 Å². The predicted molar refractivity (Wildman–Crippen MR) is 48.1 cm³/mol. The Labute approximate surface area is 77.1 Å². The van der Waals surface area contributed by atoms with Crippen molar-refractivity contribution in [2.24, 2.45) is 0 Å². The molecule has 0 fully saturated rings. The summed E-state index contributed by atoms with van der Waals surface area (Å²) in [6, 6.07) is 0. The Morgan fingerprint density at radius 3 is 3.31 bits per heavy atom. The second kappa shape index (κ2) is 3.14. The number of rotatable bonds is 0. The molecule has 1 aromatic heterocycles. The number of nitrogens with zero attached hydrogens (tertiary/aromatic N) is 2. The molecule has 0 spiro atoms. The first-order valence-corrected chi connectivity index (χ1v) is 4.96. The zero-order valence-corrected chi connectivity index (χ0v) is 7.45. The molecule has 68 valence electrons. The van der Waals surface area contributed by atoms with Crippen LogP contribution in [0.4, 0.5) is 5.95 Å². The average Bonchev–Trinajstić information content (AvgIpc) is 2.25. The number of hydrogen-bond donors (Lipinski definition) is 1. The van der Waals surface area contributed by atoms with Crippen LogP contribution in [0.15, 0.2) is 17.9 Å². The summed E-state index contributed by atoms with van der Waals surface area (Å²) in [6.07, 6.45) is 2.89. The topological polar surface area (TPSA) is 78.1 Å². The smallest absolute Gasteiger partial charge is 0.227 e. The second-order valence-electron chi connectivity index (χ2n) is 2.47. The highest BCUT2D eigenvalue weighted by Gasteiger charge is 2.11. The van der Waals surface area contributed by atoms with Crippen LogP contribution in [0.3, 0.4) is 0 Å². The van der Waals surface area contributed by atoms with Gasteiger partial charge in [-0.25, -0.2) is 4.98 Å². The molecule has 1 aliphatic rings. The molecule has 1 aromatic rings. The average molecular weight is 197 g/mol. The van der Waals surface area contributed by atoms with Gasteiger partial charge in [0, 0.05) is 17.2 Å². The quantitative estimate of drug-likeness (QED) is 0.641. The Balaban J connectivity index is 2.46. The van der Waals surface area contributed by atoms with Crippen molar-refractivity contribution in [3.05, 3.63) is 23.4 Å². The van der Waals surface area contributed by atoms with E-state index in [-0.39, 0.29) is 5.95 Å². The number of fused-ring (bicyclic) bond motifs is 1. The summed E-state index contributed by atoms with van der Waals surface area (Å²) in [5.41, 5.74) is 6.07. The van der Waals surface area contributed by atoms with Crippen LogP contribution in [-0.2, 0) is 16.6 Å². The van der Waals surface area contributed by atoms with E-state index in [2.05, 4.69) is 9.97 Å². The maximum atomic E-state index is 11.2. The van der Waals surface area contributed by atoms with E-state index in [1.165, 1.54) is 17.9 Å². The minimum atomic E-state index is -1.05. The van der Waals surface area contributed by atoms with E-state index >= 15 is 0 Å². The third kappa shape index (κ3) is 1.67. The number of aromatic nitrogens is 2. The molecule has 0 aromatic carbocycles. The van der Waals surface area contributed by atoms with Gasteiger partial charge in [-0.3, -0.25) is 4.21 Å². The zero-order valence-electron chi connectivity index (χ0n) is 6.64. The Morgan fingerprint density at radius 1 is 1.62 bits per heavy atom. The number of hydrogen-bond acceptors (Lipinski definition) is 5. The first-order chi connectivity index (χ1) is 6.25. The molecule has 0 radical (unpaired) electrons.